The Balaban J connectivity index is 1.68. The molecule has 0 aliphatic carbocycles. The van der Waals surface area contributed by atoms with Crippen LogP contribution in [0.15, 0.2) is 84.9 Å². The predicted octanol–water partition coefficient (Wildman–Crippen LogP) is 4.11. The predicted molar refractivity (Wildman–Crippen MR) is 115 cm³/mol. The lowest BCUT2D eigenvalue weighted by Gasteiger charge is -2.18. The number of benzene rings is 3. The van der Waals surface area contributed by atoms with Crippen LogP contribution in [0.4, 0.5) is 0 Å². The fraction of sp³-hybridized carbons (Fsp3) is 0.125. The quantitative estimate of drug-likeness (QED) is 0.439. The molecule has 0 fully saturated rings. The number of carbonyl (C=O) groups is 3. The van der Waals surface area contributed by atoms with Crippen LogP contribution in [-0.2, 0) is 16.0 Å². The maximum absolute atomic E-state index is 12.7. The molecular formula is C24H20ClNO4. The highest BCUT2D eigenvalue weighted by atomic mass is 35.5. The Morgan fingerprint density at radius 3 is 2.03 bits per heavy atom. The summed E-state index contributed by atoms with van der Waals surface area (Å²) in [5.74, 6) is -1.42. The first-order chi connectivity index (χ1) is 14.5. The molecule has 0 radical (unpaired) electrons. The molecule has 3 aromatic rings. The van der Waals surface area contributed by atoms with Gasteiger partial charge in [0.1, 0.15) is 6.04 Å². The van der Waals surface area contributed by atoms with E-state index in [1.807, 2.05) is 30.3 Å². The zero-order valence-corrected chi connectivity index (χ0v) is 16.8. The van der Waals surface area contributed by atoms with Crippen LogP contribution in [0.3, 0.4) is 0 Å². The highest BCUT2D eigenvalue weighted by molar-refractivity contribution is 6.30. The van der Waals surface area contributed by atoms with Crippen LogP contribution in [0.1, 0.15) is 26.3 Å². The maximum Gasteiger partial charge on any atom is 0.329 e. The summed E-state index contributed by atoms with van der Waals surface area (Å²) in [6.45, 7) is -0.424. The van der Waals surface area contributed by atoms with Gasteiger partial charge in [-0.1, -0.05) is 60.1 Å². The fourth-order valence-corrected chi connectivity index (χ4v) is 2.96. The number of hydrogen-bond acceptors (Lipinski definition) is 4. The van der Waals surface area contributed by atoms with Crippen LogP contribution in [0.25, 0.3) is 0 Å². The number of esters is 1. The number of nitrogens with one attached hydrogen (secondary N) is 1. The van der Waals surface area contributed by atoms with Gasteiger partial charge in [0.15, 0.2) is 12.4 Å². The van der Waals surface area contributed by atoms with Gasteiger partial charge in [-0.2, -0.15) is 0 Å². The summed E-state index contributed by atoms with van der Waals surface area (Å²) < 4.78 is 5.22. The Morgan fingerprint density at radius 2 is 1.40 bits per heavy atom. The number of halogens is 1. The van der Waals surface area contributed by atoms with Gasteiger partial charge in [-0.15, -0.1) is 0 Å². The van der Waals surface area contributed by atoms with Gasteiger partial charge < -0.3 is 10.1 Å². The summed E-state index contributed by atoms with van der Waals surface area (Å²) in [7, 11) is 0. The molecule has 152 valence electrons. The standard InChI is InChI=1S/C24H20ClNO4/c25-20-13-11-18(12-14-20)22(27)16-30-24(29)21(15-17-7-3-1-4-8-17)26-23(28)19-9-5-2-6-10-19/h1-14,21H,15-16H2,(H,26,28)/t21-/m0/s1. The van der Waals surface area contributed by atoms with Crippen LogP contribution in [-0.4, -0.2) is 30.3 Å². The van der Waals surface area contributed by atoms with E-state index in [1.54, 1.807) is 54.6 Å². The van der Waals surface area contributed by atoms with Gasteiger partial charge in [0.05, 0.1) is 0 Å². The molecular weight excluding hydrogens is 402 g/mol. The molecule has 1 atom stereocenters. The monoisotopic (exact) mass is 421 g/mol. The van der Waals surface area contributed by atoms with Crippen molar-refractivity contribution in [2.45, 2.75) is 12.5 Å². The third-order valence-corrected chi connectivity index (χ3v) is 4.67. The average Bonchev–Trinajstić information content (AvgIpc) is 2.78. The molecule has 0 saturated carbocycles. The normalized spacial score (nSPS) is 11.4. The third-order valence-electron chi connectivity index (χ3n) is 4.42. The van der Waals surface area contributed by atoms with Crippen molar-refractivity contribution in [3.05, 3.63) is 107 Å². The number of ketones is 1. The third kappa shape index (κ3) is 6.03. The van der Waals surface area contributed by atoms with E-state index in [0.29, 0.717) is 16.1 Å². The van der Waals surface area contributed by atoms with E-state index in [4.69, 9.17) is 16.3 Å². The van der Waals surface area contributed by atoms with Crippen molar-refractivity contribution in [3.63, 3.8) is 0 Å². The molecule has 3 rings (SSSR count). The van der Waals surface area contributed by atoms with Gasteiger partial charge in [-0.3, -0.25) is 9.59 Å². The summed E-state index contributed by atoms with van der Waals surface area (Å²) >= 11 is 5.82. The van der Waals surface area contributed by atoms with Gasteiger partial charge in [0, 0.05) is 22.6 Å². The molecule has 3 aromatic carbocycles. The molecule has 0 aromatic heterocycles. The Labute approximate surface area is 179 Å². The highest BCUT2D eigenvalue weighted by Gasteiger charge is 2.24. The topological polar surface area (TPSA) is 72.5 Å². The molecule has 0 aliphatic rings. The molecule has 5 nitrogen and oxygen atoms in total. The van der Waals surface area contributed by atoms with E-state index in [0.717, 1.165) is 5.56 Å². The highest BCUT2D eigenvalue weighted by Crippen LogP contribution is 2.11. The van der Waals surface area contributed by atoms with E-state index in [2.05, 4.69) is 5.32 Å². The minimum atomic E-state index is -0.932. The molecule has 0 unspecified atom stereocenters. The summed E-state index contributed by atoms with van der Waals surface area (Å²) in [5, 5.41) is 3.22. The minimum absolute atomic E-state index is 0.243. The van der Waals surface area contributed by atoms with Crippen molar-refractivity contribution in [2.24, 2.45) is 0 Å². The number of ether oxygens (including phenoxy) is 1. The molecule has 0 spiro atoms. The van der Waals surface area contributed by atoms with E-state index in [1.165, 1.54) is 0 Å². The fourth-order valence-electron chi connectivity index (χ4n) is 2.83. The Hall–Kier alpha value is -3.44. The minimum Gasteiger partial charge on any atom is -0.456 e. The van der Waals surface area contributed by atoms with Crippen molar-refractivity contribution in [3.8, 4) is 0 Å². The summed E-state index contributed by atoms with van der Waals surface area (Å²) in [4.78, 5) is 37.5. The first-order valence-corrected chi connectivity index (χ1v) is 9.76. The van der Waals surface area contributed by atoms with Crippen LogP contribution in [0.2, 0.25) is 5.02 Å². The van der Waals surface area contributed by atoms with Gasteiger partial charge in [0.25, 0.3) is 5.91 Å². The van der Waals surface area contributed by atoms with E-state index in [-0.39, 0.29) is 12.2 Å². The SMILES string of the molecule is O=C(COC(=O)[C@H](Cc1ccccc1)NC(=O)c1ccccc1)c1ccc(Cl)cc1. The van der Waals surface area contributed by atoms with Crippen molar-refractivity contribution in [1.29, 1.82) is 0 Å². The first-order valence-electron chi connectivity index (χ1n) is 9.38. The number of rotatable bonds is 8. The van der Waals surface area contributed by atoms with Crippen LogP contribution < -0.4 is 5.32 Å². The average molecular weight is 422 g/mol. The van der Waals surface area contributed by atoms with Gasteiger partial charge >= 0.3 is 5.97 Å². The molecule has 0 saturated heterocycles. The summed E-state index contributed by atoms with van der Waals surface area (Å²) in [6, 6.07) is 23.3. The number of carbonyl (C=O) groups excluding carboxylic acids is 3. The largest absolute Gasteiger partial charge is 0.456 e. The maximum atomic E-state index is 12.7. The van der Waals surface area contributed by atoms with Crippen molar-refractivity contribution >= 4 is 29.3 Å². The van der Waals surface area contributed by atoms with Crippen molar-refractivity contribution < 1.29 is 19.1 Å². The number of hydrogen-bond donors (Lipinski definition) is 1. The second kappa shape index (κ2) is 10.4. The lowest BCUT2D eigenvalue weighted by Crippen LogP contribution is -2.43. The summed E-state index contributed by atoms with van der Waals surface area (Å²) in [6.07, 6.45) is 0.243. The zero-order chi connectivity index (χ0) is 21.3. The number of Topliss-reactive ketones (excluding diaryl/α,β-unsaturated/α-hetero) is 1. The van der Waals surface area contributed by atoms with Gasteiger partial charge in [-0.25, -0.2) is 4.79 Å². The van der Waals surface area contributed by atoms with E-state index < -0.39 is 24.5 Å². The zero-order valence-electron chi connectivity index (χ0n) is 16.1. The Morgan fingerprint density at radius 1 is 0.800 bits per heavy atom. The molecule has 6 heteroatoms. The van der Waals surface area contributed by atoms with Gasteiger partial charge in [0.2, 0.25) is 0 Å². The lowest BCUT2D eigenvalue weighted by atomic mass is 10.1. The van der Waals surface area contributed by atoms with Crippen LogP contribution in [0, 0.1) is 0 Å². The molecule has 0 aliphatic heterocycles. The Kier molecular flexibility index (Phi) is 7.35. The van der Waals surface area contributed by atoms with Crippen molar-refractivity contribution in [2.75, 3.05) is 6.61 Å². The molecule has 0 bridgehead atoms. The van der Waals surface area contributed by atoms with Crippen molar-refractivity contribution in [1.82, 2.24) is 5.32 Å². The molecule has 30 heavy (non-hydrogen) atoms. The van der Waals surface area contributed by atoms with E-state index >= 15 is 0 Å². The second-order valence-corrected chi connectivity index (χ2v) is 7.06. The summed E-state index contributed by atoms with van der Waals surface area (Å²) in [5.41, 5.74) is 1.68. The van der Waals surface area contributed by atoms with E-state index in [9.17, 15) is 14.4 Å². The second-order valence-electron chi connectivity index (χ2n) is 6.62. The number of amides is 1. The molecule has 1 N–H and O–H groups in total. The van der Waals surface area contributed by atoms with Gasteiger partial charge in [-0.05, 0) is 42.0 Å². The lowest BCUT2D eigenvalue weighted by molar-refractivity contribution is -0.144. The smallest absolute Gasteiger partial charge is 0.329 e. The molecule has 1 amide bonds. The van der Waals surface area contributed by atoms with Crippen LogP contribution >= 0.6 is 11.6 Å². The first kappa shape index (κ1) is 21.3. The molecule has 0 heterocycles. The van der Waals surface area contributed by atoms with Crippen LogP contribution in [0.5, 0.6) is 0 Å². The Bertz CT molecular complexity index is 1000.